The van der Waals surface area contributed by atoms with Gasteiger partial charge in [-0.3, -0.25) is 9.59 Å². The van der Waals surface area contributed by atoms with Crippen LogP contribution in [0.3, 0.4) is 0 Å². The van der Waals surface area contributed by atoms with E-state index < -0.39 is 5.97 Å². The van der Waals surface area contributed by atoms with E-state index in [1.54, 1.807) is 18.2 Å². The molecule has 0 spiro atoms. The van der Waals surface area contributed by atoms with Crippen molar-refractivity contribution in [1.29, 1.82) is 0 Å². The first-order valence-corrected chi connectivity index (χ1v) is 9.68. The maximum Gasteiger partial charge on any atom is 0.338 e. The molecular formula is C20H22N2O4S. The summed E-state index contributed by atoms with van der Waals surface area (Å²) in [5, 5.41) is 2.61. The van der Waals surface area contributed by atoms with Gasteiger partial charge in [-0.15, -0.1) is 11.8 Å². The molecule has 0 radical (unpaired) electrons. The first kappa shape index (κ1) is 19.2. The summed E-state index contributed by atoms with van der Waals surface area (Å²) in [6.45, 7) is 8.13. The topological polar surface area (TPSA) is 77.4 Å². The van der Waals surface area contributed by atoms with Gasteiger partial charge in [0.05, 0.1) is 16.5 Å². The maximum absolute atomic E-state index is 12.4. The fourth-order valence-corrected chi connectivity index (χ4v) is 4.13. The maximum atomic E-state index is 12.4. The smallest absolute Gasteiger partial charge is 0.338 e. The van der Waals surface area contributed by atoms with E-state index in [4.69, 9.17) is 4.74 Å². The average molecular weight is 386 g/mol. The summed E-state index contributed by atoms with van der Waals surface area (Å²) in [4.78, 5) is 37.5. The second-order valence-electron chi connectivity index (χ2n) is 6.49. The molecule has 1 amide bonds. The fourth-order valence-electron chi connectivity index (χ4n) is 3.20. The number of hydrogen-bond acceptors (Lipinski definition) is 5. The summed E-state index contributed by atoms with van der Waals surface area (Å²) in [5.74, 6) is -0.917. The number of nitrogens with zero attached hydrogens (tertiary/aromatic N) is 1. The van der Waals surface area contributed by atoms with Crippen molar-refractivity contribution in [1.82, 2.24) is 4.57 Å². The molecule has 1 aliphatic rings. The number of Topliss-reactive ketones (excluding diaryl/α,β-unsaturated/α-hetero) is 1. The first-order chi connectivity index (χ1) is 12.8. The number of benzene rings is 1. The number of nitrogens with one attached hydrogen (secondary N) is 1. The summed E-state index contributed by atoms with van der Waals surface area (Å²) < 4.78 is 7.25. The van der Waals surface area contributed by atoms with Gasteiger partial charge in [0.1, 0.15) is 0 Å². The number of ketones is 1. The molecule has 7 heteroatoms. The Hall–Kier alpha value is -2.54. The lowest BCUT2D eigenvalue weighted by Crippen LogP contribution is -2.26. The van der Waals surface area contributed by atoms with Crippen molar-refractivity contribution in [2.45, 2.75) is 44.4 Å². The third-order valence-electron chi connectivity index (χ3n) is 4.67. The molecule has 0 unspecified atom stereocenters. The Labute approximate surface area is 162 Å². The predicted octanol–water partition coefficient (Wildman–Crippen LogP) is 3.60. The van der Waals surface area contributed by atoms with Crippen molar-refractivity contribution in [2.24, 2.45) is 0 Å². The Kier molecular flexibility index (Phi) is 5.41. The molecule has 1 N–H and O–H groups in total. The molecule has 1 aromatic carbocycles. The van der Waals surface area contributed by atoms with Crippen molar-refractivity contribution in [3.05, 3.63) is 46.8 Å². The lowest BCUT2D eigenvalue weighted by atomic mass is 10.1. The van der Waals surface area contributed by atoms with Crippen molar-refractivity contribution < 1.29 is 19.1 Å². The van der Waals surface area contributed by atoms with E-state index in [1.165, 1.54) is 11.8 Å². The summed E-state index contributed by atoms with van der Waals surface area (Å²) in [6, 6.07) is 6.83. The SMILES string of the molecule is CCn1c(C)cc(C(=O)COC(=O)c2ccc3c(c2)NC(=O)[C@H](C)S3)c1C. The molecule has 1 atom stereocenters. The van der Waals surface area contributed by atoms with Crippen LogP contribution in [0.25, 0.3) is 0 Å². The third-order valence-corrected chi connectivity index (χ3v) is 5.85. The van der Waals surface area contributed by atoms with E-state index in [-0.39, 0.29) is 23.5 Å². The predicted molar refractivity (Wildman–Crippen MR) is 105 cm³/mol. The van der Waals surface area contributed by atoms with Crippen LogP contribution < -0.4 is 5.32 Å². The van der Waals surface area contributed by atoms with Crippen LogP contribution in [-0.2, 0) is 16.1 Å². The molecule has 0 saturated heterocycles. The van der Waals surface area contributed by atoms with Gasteiger partial charge in [0.15, 0.2) is 6.61 Å². The van der Waals surface area contributed by atoms with Crippen molar-refractivity contribution in [3.63, 3.8) is 0 Å². The van der Waals surface area contributed by atoms with Crippen LogP contribution in [0.5, 0.6) is 0 Å². The van der Waals surface area contributed by atoms with E-state index in [0.29, 0.717) is 16.8 Å². The first-order valence-electron chi connectivity index (χ1n) is 8.80. The van der Waals surface area contributed by atoms with Crippen molar-refractivity contribution >= 4 is 35.1 Å². The molecule has 27 heavy (non-hydrogen) atoms. The second kappa shape index (κ2) is 7.60. The molecule has 0 saturated carbocycles. The highest BCUT2D eigenvalue weighted by molar-refractivity contribution is 8.00. The van der Waals surface area contributed by atoms with Crippen LogP contribution >= 0.6 is 11.8 Å². The largest absolute Gasteiger partial charge is 0.454 e. The van der Waals surface area contributed by atoms with Gasteiger partial charge >= 0.3 is 5.97 Å². The summed E-state index contributed by atoms with van der Waals surface area (Å²) in [6.07, 6.45) is 0. The number of thioether (sulfide) groups is 1. The van der Waals surface area contributed by atoms with Crippen LogP contribution in [0.4, 0.5) is 5.69 Å². The molecule has 3 rings (SSSR count). The van der Waals surface area contributed by atoms with Gasteiger partial charge in [-0.05, 0) is 52.0 Å². The molecule has 2 aromatic rings. The molecule has 6 nitrogen and oxygen atoms in total. The number of rotatable bonds is 5. The fraction of sp³-hybridized carbons (Fsp3) is 0.350. The zero-order valence-electron chi connectivity index (χ0n) is 15.8. The van der Waals surface area contributed by atoms with Crippen molar-refractivity contribution in [3.8, 4) is 0 Å². The highest BCUT2D eigenvalue weighted by atomic mass is 32.2. The van der Waals surface area contributed by atoms with E-state index in [0.717, 1.165) is 22.8 Å². The number of hydrogen-bond donors (Lipinski definition) is 1. The Morgan fingerprint density at radius 1 is 1.26 bits per heavy atom. The number of esters is 1. The van der Waals surface area contributed by atoms with Crippen molar-refractivity contribution in [2.75, 3.05) is 11.9 Å². The van der Waals surface area contributed by atoms with E-state index in [2.05, 4.69) is 5.32 Å². The van der Waals surface area contributed by atoms with Gasteiger partial charge in [0.2, 0.25) is 11.7 Å². The number of fused-ring (bicyclic) bond motifs is 1. The van der Waals surface area contributed by atoms with Crippen LogP contribution in [0.15, 0.2) is 29.2 Å². The van der Waals surface area contributed by atoms with Gasteiger partial charge in [-0.1, -0.05) is 0 Å². The minimum absolute atomic E-state index is 0.0977. The van der Waals surface area contributed by atoms with Gasteiger partial charge in [-0.25, -0.2) is 4.79 Å². The highest BCUT2D eigenvalue weighted by Gasteiger charge is 2.24. The van der Waals surface area contributed by atoms with Gasteiger partial charge < -0.3 is 14.6 Å². The Bertz CT molecular complexity index is 932. The Morgan fingerprint density at radius 2 is 2.00 bits per heavy atom. The van der Waals surface area contributed by atoms with Crippen LogP contribution in [0.2, 0.25) is 0 Å². The molecule has 0 bridgehead atoms. The third kappa shape index (κ3) is 3.78. The summed E-state index contributed by atoms with van der Waals surface area (Å²) >= 11 is 1.44. The van der Waals surface area contributed by atoms with Gasteiger partial charge in [-0.2, -0.15) is 0 Å². The molecule has 0 fully saturated rings. The monoisotopic (exact) mass is 386 g/mol. The number of anilines is 1. The molecule has 142 valence electrons. The molecule has 2 heterocycles. The molecular weight excluding hydrogens is 364 g/mol. The minimum atomic E-state index is -0.590. The average Bonchev–Trinajstić information content (AvgIpc) is 2.93. The number of aryl methyl sites for hydroxylation is 1. The van der Waals surface area contributed by atoms with E-state index in [9.17, 15) is 14.4 Å². The molecule has 1 aliphatic heterocycles. The zero-order chi connectivity index (χ0) is 19.7. The minimum Gasteiger partial charge on any atom is -0.454 e. The lowest BCUT2D eigenvalue weighted by molar-refractivity contribution is -0.115. The molecule has 1 aromatic heterocycles. The Balaban J connectivity index is 1.69. The van der Waals surface area contributed by atoms with Gasteiger partial charge in [0.25, 0.3) is 0 Å². The summed E-state index contributed by atoms with van der Waals surface area (Å²) in [5.41, 5.74) is 3.34. The molecule has 0 aliphatic carbocycles. The highest BCUT2D eigenvalue weighted by Crippen LogP contribution is 2.36. The zero-order valence-corrected chi connectivity index (χ0v) is 16.6. The van der Waals surface area contributed by atoms with Crippen LogP contribution in [-0.4, -0.2) is 34.1 Å². The van der Waals surface area contributed by atoms with Crippen LogP contribution in [0, 0.1) is 13.8 Å². The normalized spacial score (nSPS) is 15.9. The van der Waals surface area contributed by atoms with E-state index in [1.807, 2.05) is 38.3 Å². The number of amides is 1. The standard InChI is InChI=1S/C20H22N2O4S/c1-5-22-11(2)8-15(12(22)3)17(23)10-26-20(25)14-6-7-18-16(9-14)21-19(24)13(4)27-18/h6-9,13H,5,10H2,1-4H3,(H,21,24)/t13-/m0/s1. The lowest BCUT2D eigenvalue weighted by Gasteiger charge is -2.21. The Morgan fingerprint density at radius 3 is 2.67 bits per heavy atom. The summed E-state index contributed by atoms with van der Waals surface area (Å²) in [7, 11) is 0. The second-order valence-corrected chi connectivity index (χ2v) is 7.87. The van der Waals surface area contributed by atoms with Crippen LogP contribution in [0.1, 0.15) is 46.0 Å². The number of carbonyl (C=O) groups is 3. The quantitative estimate of drug-likeness (QED) is 0.628. The number of ether oxygens (including phenoxy) is 1. The van der Waals surface area contributed by atoms with E-state index >= 15 is 0 Å². The number of aromatic nitrogens is 1. The van der Waals surface area contributed by atoms with Gasteiger partial charge in [0, 0.05) is 28.4 Å². The number of carbonyl (C=O) groups excluding carboxylic acids is 3.